The Labute approximate surface area is 227 Å². The van der Waals surface area contributed by atoms with Crippen molar-refractivity contribution in [3.63, 3.8) is 0 Å². The van der Waals surface area contributed by atoms with Crippen molar-refractivity contribution in [2.75, 3.05) is 32.7 Å². The highest BCUT2D eigenvalue weighted by molar-refractivity contribution is 8.15. The maximum Gasteiger partial charge on any atom is 0.238 e. The van der Waals surface area contributed by atoms with E-state index in [1.807, 2.05) is 55.5 Å². The molecule has 0 aliphatic carbocycles. The molecule has 0 spiro atoms. The van der Waals surface area contributed by atoms with Gasteiger partial charge in [0.2, 0.25) is 11.8 Å². The molecule has 1 atom stereocenters. The minimum atomic E-state index is -0.603. The first-order valence-corrected chi connectivity index (χ1v) is 13.2. The Morgan fingerprint density at radius 3 is 2.45 bits per heavy atom. The number of thioether (sulfide) groups is 1. The first-order chi connectivity index (χ1) is 18.5. The van der Waals surface area contributed by atoms with Crippen molar-refractivity contribution in [1.29, 1.82) is 0 Å². The number of carbonyl (C=O) groups excluding carboxylic acids is 2. The number of benzene rings is 3. The summed E-state index contributed by atoms with van der Waals surface area (Å²) in [6, 6.07) is 22.3. The number of amidine groups is 1. The molecule has 1 aliphatic heterocycles. The van der Waals surface area contributed by atoms with E-state index in [9.17, 15) is 9.59 Å². The third kappa shape index (κ3) is 6.86. The van der Waals surface area contributed by atoms with Gasteiger partial charge >= 0.3 is 0 Å². The van der Waals surface area contributed by atoms with Gasteiger partial charge in [-0.15, -0.1) is 0 Å². The highest BCUT2D eigenvalue weighted by Crippen LogP contribution is 2.31. The van der Waals surface area contributed by atoms with E-state index in [0.29, 0.717) is 47.6 Å². The number of rotatable bonds is 10. The summed E-state index contributed by atoms with van der Waals surface area (Å²) in [6.07, 6.45) is 0.663. The van der Waals surface area contributed by atoms with Crippen molar-refractivity contribution in [2.24, 2.45) is 4.99 Å². The van der Waals surface area contributed by atoms with E-state index < -0.39 is 5.25 Å². The Hall–Kier alpha value is -3.98. The van der Waals surface area contributed by atoms with Crippen LogP contribution in [0.3, 0.4) is 0 Å². The molecule has 1 unspecified atom stereocenters. The van der Waals surface area contributed by atoms with Gasteiger partial charge in [-0.05, 0) is 67.4 Å². The van der Waals surface area contributed by atoms with E-state index in [0.717, 1.165) is 11.3 Å². The van der Waals surface area contributed by atoms with Crippen LogP contribution in [-0.2, 0) is 16.0 Å². The molecule has 0 bridgehead atoms. The van der Waals surface area contributed by atoms with Gasteiger partial charge < -0.3 is 19.5 Å². The maximum absolute atomic E-state index is 13.3. The van der Waals surface area contributed by atoms with Crippen LogP contribution in [0.2, 0.25) is 0 Å². The normalized spacial score (nSPS) is 16.3. The third-order valence-electron chi connectivity index (χ3n) is 5.92. The zero-order valence-corrected chi connectivity index (χ0v) is 22.5. The molecule has 9 heteroatoms. The predicted octanol–water partition coefficient (Wildman–Crippen LogP) is 5.31. The van der Waals surface area contributed by atoms with E-state index >= 15 is 0 Å². The Balaban J connectivity index is 1.50. The molecular formula is C29H31N3O5S. The zero-order valence-electron chi connectivity index (χ0n) is 21.7. The average Bonchev–Trinajstić information content (AvgIpc) is 2.94. The Kier molecular flexibility index (Phi) is 9.26. The minimum absolute atomic E-state index is 0.0767. The van der Waals surface area contributed by atoms with E-state index in [-0.39, 0.29) is 18.2 Å². The van der Waals surface area contributed by atoms with E-state index in [4.69, 9.17) is 19.2 Å². The second-order valence-corrected chi connectivity index (χ2v) is 9.64. The molecule has 1 fully saturated rings. The largest absolute Gasteiger partial charge is 0.494 e. The number of methoxy groups -OCH3 is 2. The van der Waals surface area contributed by atoms with Crippen molar-refractivity contribution < 1.29 is 23.8 Å². The quantitative estimate of drug-likeness (QED) is 0.380. The first kappa shape index (κ1) is 27.1. The van der Waals surface area contributed by atoms with Gasteiger partial charge in [0.25, 0.3) is 0 Å². The summed E-state index contributed by atoms with van der Waals surface area (Å²) in [4.78, 5) is 32.8. The van der Waals surface area contributed by atoms with Gasteiger partial charge in [-0.25, -0.2) is 4.99 Å². The van der Waals surface area contributed by atoms with Gasteiger partial charge in [-0.1, -0.05) is 36.0 Å². The van der Waals surface area contributed by atoms with Crippen LogP contribution < -0.4 is 19.5 Å². The first-order valence-electron chi connectivity index (χ1n) is 12.4. The number of nitrogens with zero attached hydrogens (tertiary/aromatic N) is 2. The van der Waals surface area contributed by atoms with Crippen LogP contribution in [0, 0.1) is 0 Å². The lowest BCUT2D eigenvalue weighted by Gasteiger charge is -2.32. The summed E-state index contributed by atoms with van der Waals surface area (Å²) in [5.41, 5.74) is 2.35. The molecule has 1 saturated heterocycles. The smallest absolute Gasteiger partial charge is 0.238 e. The summed E-state index contributed by atoms with van der Waals surface area (Å²) >= 11 is 1.30. The number of aliphatic imine (C=N–C) groups is 1. The summed E-state index contributed by atoms with van der Waals surface area (Å²) < 4.78 is 16.2. The molecule has 38 heavy (non-hydrogen) atoms. The van der Waals surface area contributed by atoms with Gasteiger partial charge in [0, 0.05) is 18.7 Å². The molecule has 1 N–H and O–H groups in total. The number of carbonyl (C=O) groups is 2. The standard InChI is InChI=1S/C29H31N3O5S/c1-4-37-23-13-11-22(12-14-23)30-28(34)26-19-27(33)32(29(38-26)31-21-8-6-5-7-9-21)17-16-20-10-15-24(35-2)25(18-20)36-3/h5-15,18,26H,4,16-17,19H2,1-3H3,(H,30,34). The molecule has 0 radical (unpaired) electrons. The van der Waals surface area contributed by atoms with Gasteiger partial charge in [-0.2, -0.15) is 0 Å². The maximum atomic E-state index is 13.3. The van der Waals surface area contributed by atoms with Gasteiger partial charge in [-0.3, -0.25) is 14.5 Å². The molecule has 0 aromatic heterocycles. The van der Waals surface area contributed by atoms with Crippen LogP contribution in [-0.4, -0.2) is 54.5 Å². The van der Waals surface area contributed by atoms with E-state index in [1.165, 1.54) is 11.8 Å². The second kappa shape index (κ2) is 13.0. The monoisotopic (exact) mass is 533 g/mol. The number of nitrogens with one attached hydrogen (secondary N) is 1. The fourth-order valence-electron chi connectivity index (χ4n) is 3.98. The number of amides is 2. The molecule has 2 amide bonds. The molecular weight excluding hydrogens is 502 g/mol. The third-order valence-corrected chi connectivity index (χ3v) is 7.11. The van der Waals surface area contributed by atoms with Crippen molar-refractivity contribution in [2.45, 2.75) is 25.0 Å². The van der Waals surface area contributed by atoms with Crippen LogP contribution >= 0.6 is 11.8 Å². The van der Waals surface area contributed by atoms with Crippen molar-refractivity contribution in [1.82, 2.24) is 4.90 Å². The fraction of sp³-hybridized carbons (Fsp3) is 0.276. The molecule has 3 aromatic carbocycles. The van der Waals surface area contributed by atoms with E-state index in [2.05, 4.69) is 5.32 Å². The molecule has 3 aromatic rings. The van der Waals surface area contributed by atoms with Gasteiger partial charge in [0.05, 0.1) is 26.5 Å². The number of para-hydroxylation sites is 1. The molecule has 1 heterocycles. The van der Waals surface area contributed by atoms with Crippen LogP contribution in [0.4, 0.5) is 11.4 Å². The van der Waals surface area contributed by atoms with Gasteiger partial charge in [0.1, 0.15) is 11.0 Å². The number of anilines is 1. The minimum Gasteiger partial charge on any atom is -0.494 e. The zero-order chi connectivity index (χ0) is 26.9. The van der Waals surface area contributed by atoms with Crippen molar-refractivity contribution in [3.8, 4) is 17.2 Å². The number of hydrogen-bond acceptors (Lipinski definition) is 7. The summed E-state index contributed by atoms with van der Waals surface area (Å²) in [6.45, 7) is 2.90. The average molecular weight is 534 g/mol. The Morgan fingerprint density at radius 1 is 1.03 bits per heavy atom. The summed E-state index contributed by atoms with van der Waals surface area (Å²) in [5.74, 6) is 1.62. The SMILES string of the molecule is CCOc1ccc(NC(=O)C2CC(=O)N(CCc3ccc(OC)c(OC)c3)C(=Nc3ccccc3)S2)cc1. The van der Waals surface area contributed by atoms with Crippen LogP contribution in [0.1, 0.15) is 18.9 Å². The van der Waals surface area contributed by atoms with Crippen molar-refractivity contribution >= 4 is 40.1 Å². The Morgan fingerprint density at radius 2 is 1.76 bits per heavy atom. The summed E-state index contributed by atoms with van der Waals surface area (Å²) in [7, 11) is 3.19. The topological polar surface area (TPSA) is 89.5 Å². The highest BCUT2D eigenvalue weighted by atomic mass is 32.2. The van der Waals surface area contributed by atoms with Crippen LogP contribution in [0.15, 0.2) is 77.8 Å². The highest BCUT2D eigenvalue weighted by Gasteiger charge is 2.35. The molecule has 8 nitrogen and oxygen atoms in total. The van der Waals surface area contributed by atoms with Crippen LogP contribution in [0.5, 0.6) is 17.2 Å². The lowest BCUT2D eigenvalue weighted by Crippen LogP contribution is -2.46. The number of hydrogen-bond donors (Lipinski definition) is 1. The second-order valence-electron chi connectivity index (χ2n) is 8.47. The number of ether oxygens (including phenoxy) is 3. The molecule has 198 valence electrons. The molecule has 1 aliphatic rings. The lowest BCUT2D eigenvalue weighted by atomic mass is 10.1. The summed E-state index contributed by atoms with van der Waals surface area (Å²) in [5, 5.41) is 2.81. The predicted molar refractivity (Wildman–Crippen MR) is 151 cm³/mol. The molecule has 0 saturated carbocycles. The Bertz CT molecular complexity index is 1280. The van der Waals surface area contributed by atoms with Gasteiger partial charge in [0.15, 0.2) is 16.7 Å². The van der Waals surface area contributed by atoms with Crippen LogP contribution in [0.25, 0.3) is 0 Å². The lowest BCUT2D eigenvalue weighted by molar-refractivity contribution is -0.129. The molecule has 4 rings (SSSR count). The van der Waals surface area contributed by atoms with Crippen molar-refractivity contribution in [3.05, 3.63) is 78.4 Å². The van der Waals surface area contributed by atoms with E-state index in [1.54, 1.807) is 43.4 Å². The fourth-order valence-corrected chi connectivity index (χ4v) is 5.10.